The Hall–Kier alpha value is -3.65. The first-order valence-corrected chi connectivity index (χ1v) is 12.5. The van der Waals surface area contributed by atoms with E-state index in [0.29, 0.717) is 17.1 Å². The molecule has 0 saturated carbocycles. The van der Waals surface area contributed by atoms with Gasteiger partial charge in [0, 0.05) is 12.1 Å². The summed E-state index contributed by atoms with van der Waals surface area (Å²) in [5.74, 6) is -0.475. The zero-order valence-electron chi connectivity index (χ0n) is 19.2. The minimum atomic E-state index is -3.75. The van der Waals surface area contributed by atoms with Gasteiger partial charge in [-0.1, -0.05) is 29.8 Å². The van der Waals surface area contributed by atoms with E-state index in [2.05, 4.69) is 4.72 Å². The number of nitrogens with one attached hydrogen (secondary N) is 1. The molecule has 1 aliphatic rings. The van der Waals surface area contributed by atoms with Gasteiger partial charge in [0.25, 0.3) is 10.0 Å². The predicted molar refractivity (Wildman–Crippen MR) is 130 cm³/mol. The van der Waals surface area contributed by atoms with E-state index in [4.69, 9.17) is 4.74 Å². The fourth-order valence-electron chi connectivity index (χ4n) is 3.82. The largest absolute Gasteiger partial charge is 0.491 e. The Labute approximate surface area is 199 Å². The van der Waals surface area contributed by atoms with Crippen molar-refractivity contribution >= 4 is 33.2 Å². The predicted octanol–water partition coefficient (Wildman–Crippen LogP) is 4.63. The van der Waals surface area contributed by atoms with E-state index in [1.54, 1.807) is 48.5 Å². The highest BCUT2D eigenvalue weighted by Crippen LogP contribution is 2.34. The topological polar surface area (TPSA) is 92.8 Å². The van der Waals surface area contributed by atoms with Crippen LogP contribution in [-0.4, -0.2) is 26.3 Å². The molecule has 0 radical (unpaired) electrons. The van der Waals surface area contributed by atoms with Gasteiger partial charge < -0.3 is 4.74 Å². The second-order valence-corrected chi connectivity index (χ2v) is 10.2. The van der Waals surface area contributed by atoms with E-state index < -0.39 is 15.9 Å². The summed E-state index contributed by atoms with van der Waals surface area (Å²) in [6.07, 6.45) is 0.116. The number of hydrogen-bond donors (Lipinski definition) is 1. The van der Waals surface area contributed by atoms with Crippen LogP contribution in [0, 0.1) is 6.92 Å². The lowest BCUT2D eigenvalue weighted by atomic mass is 9.97. The number of benzene rings is 3. The smallest absolute Gasteiger partial charge is 0.261 e. The third-order valence-corrected chi connectivity index (χ3v) is 6.91. The van der Waals surface area contributed by atoms with Gasteiger partial charge in [0.05, 0.1) is 22.6 Å². The number of hydrogen-bond acceptors (Lipinski definition) is 5. The number of carbonyl (C=O) groups is 2. The van der Waals surface area contributed by atoms with Crippen LogP contribution in [0.25, 0.3) is 0 Å². The molecule has 0 aliphatic carbocycles. The summed E-state index contributed by atoms with van der Waals surface area (Å²) in [7, 11) is -3.75. The van der Waals surface area contributed by atoms with Crippen LogP contribution in [0.15, 0.2) is 77.7 Å². The molecule has 34 heavy (non-hydrogen) atoms. The highest BCUT2D eigenvalue weighted by atomic mass is 32.2. The molecule has 0 aromatic heterocycles. The second kappa shape index (κ2) is 9.30. The molecule has 0 bridgehead atoms. The highest BCUT2D eigenvalue weighted by Gasteiger charge is 2.40. The molecule has 2 amide bonds. The number of rotatable bonds is 7. The summed E-state index contributed by atoms with van der Waals surface area (Å²) in [6.45, 7) is 5.75. The zero-order valence-corrected chi connectivity index (χ0v) is 20.0. The SMILES string of the molecule is Cc1ccc(S(=O)(=O)Nc2ccc(N3C(=O)C[C@H](c4ccc(OC(C)C)cc4)C3=O)cc2)cc1. The lowest BCUT2D eigenvalue weighted by molar-refractivity contribution is -0.121. The maximum Gasteiger partial charge on any atom is 0.261 e. The number of anilines is 2. The van der Waals surface area contributed by atoms with Gasteiger partial charge >= 0.3 is 0 Å². The minimum Gasteiger partial charge on any atom is -0.491 e. The summed E-state index contributed by atoms with van der Waals surface area (Å²) in [5.41, 5.74) is 2.44. The number of sulfonamides is 1. The zero-order chi connectivity index (χ0) is 24.5. The standard InChI is InChI=1S/C26H26N2O5S/c1-17(2)33-22-12-6-19(7-13-22)24-16-25(29)28(26(24)30)21-10-8-20(9-11-21)27-34(31,32)23-14-4-18(3)5-15-23/h4-15,17,24,27H,16H2,1-3H3/t24-/m1/s1. The first-order valence-electron chi connectivity index (χ1n) is 11.0. The molecule has 1 heterocycles. The Balaban J connectivity index is 1.48. The van der Waals surface area contributed by atoms with Crippen molar-refractivity contribution in [1.29, 1.82) is 0 Å². The molecular formula is C26H26N2O5S. The summed E-state index contributed by atoms with van der Waals surface area (Å²) in [6, 6.07) is 19.9. The van der Waals surface area contributed by atoms with Crippen molar-refractivity contribution in [2.24, 2.45) is 0 Å². The van der Waals surface area contributed by atoms with Gasteiger partial charge in [-0.25, -0.2) is 8.42 Å². The number of ether oxygens (including phenoxy) is 1. The lowest BCUT2D eigenvalue weighted by Crippen LogP contribution is -2.30. The minimum absolute atomic E-state index is 0.0420. The van der Waals surface area contributed by atoms with Crippen LogP contribution in [0.2, 0.25) is 0 Å². The van der Waals surface area contributed by atoms with E-state index in [9.17, 15) is 18.0 Å². The van der Waals surface area contributed by atoms with Crippen molar-refractivity contribution in [2.45, 2.75) is 44.1 Å². The maximum absolute atomic E-state index is 13.1. The summed E-state index contributed by atoms with van der Waals surface area (Å²) < 4.78 is 33.4. The summed E-state index contributed by atoms with van der Waals surface area (Å²) in [4.78, 5) is 27.1. The van der Waals surface area contributed by atoms with Gasteiger partial charge in [0.1, 0.15) is 5.75 Å². The summed E-state index contributed by atoms with van der Waals surface area (Å²) >= 11 is 0. The molecule has 7 nitrogen and oxygen atoms in total. The molecule has 1 atom stereocenters. The molecule has 3 aromatic carbocycles. The first-order chi connectivity index (χ1) is 16.1. The van der Waals surface area contributed by atoms with Crippen molar-refractivity contribution in [2.75, 3.05) is 9.62 Å². The number of nitrogens with zero attached hydrogens (tertiary/aromatic N) is 1. The Morgan fingerprint density at radius 1 is 0.912 bits per heavy atom. The van der Waals surface area contributed by atoms with Gasteiger partial charge in [-0.05, 0) is 74.9 Å². The molecule has 8 heteroatoms. The third-order valence-electron chi connectivity index (χ3n) is 5.51. The Kier molecular flexibility index (Phi) is 6.43. The van der Waals surface area contributed by atoms with Gasteiger partial charge in [0.15, 0.2) is 0 Å². The molecule has 1 aliphatic heterocycles. The van der Waals surface area contributed by atoms with Gasteiger partial charge in [-0.3, -0.25) is 19.2 Å². The monoisotopic (exact) mass is 478 g/mol. The first kappa shape index (κ1) is 23.5. The lowest BCUT2D eigenvalue weighted by Gasteiger charge is -2.16. The van der Waals surface area contributed by atoms with Gasteiger partial charge in [-0.15, -0.1) is 0 Å². The number of imide groups is 1. The molecule has 0 spiro atoms. The normalized spacial score (nSPS) is 16.2. The van der Waals surface area contributed by atoms with Crippen molar-refractivity contribution < 1.29 is 22.7 Å². The second-order valence-electron chi connectivity index (χ2n) is 8.53. The highest BCUT2D eigenvalue weighted by molar-refractivity contribution is 7.92. The van der Waals surface area contributed by atoms with Gasteiger partial charge in [0.2, 0.25) is 11.8 Å². The molecule has 3 aromatic rings. The van der Waals surface area contributed by atoms with E-state index in [1.165, 1.54) is 24.3 Å². The van der Waals surface area contributed by atoms with Crippen LogP contribution >= 0.6 is 0 Å². The molecule has 176 valence electrons. The summed E-state index contributed by atoms with van der Waals surface area (Å²) in [5, 5.41) is 0. The van der Waals surface area contributed by atoms with E-state index in [-0.39, 0.29) is 29.2 Å². The maximum atomic E-state index is 13.1. The van der Waals surface area contributed by atoms with Crippen LogP contribution in [0.4, 0.5) is 11.4 Å². The van der Waals surface area contributed by atoms with Crippen LogP contribution in [0.5, 0.6) is 5.75 Å². The van der Waals surface area contributed by atoms with Crippen molar-refractivity contribution in [1.82, 2.24) is 0 Å². The van der Waals surface area contributed by atoms with Crippen molar-refractivity contribution in [3.63, 3.8) is 0 Å². The average molecular weight is 479 g/mol. The molecule has 1 saturated heterocycles. The van der Waals surface area contributed by atoms with Gasteiger partial charge in [-0.2, -0.15) is 0 Å². The molecule has 1 N–H and O–H groups in total. The Bertz CT molecular complexity index is 1300. The fraction of sp³-hybridized carbons (Fsp3) is 0.231. The quantitative estimate of drug-likeness (QED) is 0.500. The molecular weight excluding hydrogens is 452 g/mol. The Morgan fingerprint density at radius 3 is 2.12 bits per heavy atom. The van der Waals surface area contributed by atoms with Crippen molar-refractivity contribution in [3.8, 4) is 5.75 Å². The number of amides is 2. The van der Waals surface area contributed by atoms with Crippen LogP contribution in [0.3, 0.4) is 0 Å². The van der Waals surface area contributed by atoms with E-state index in [0.717, 1.165) is 16.0 Å². The van der Waals surface area contributed by atoms with Crippen LogP contribution in [0.1, 0.15) is 37.3 Å². The third kappa shape index (κ3) is 4.97. The van der Waals surface area contributed by atoms with Crippen LogP contribution < -0.4 is 14.4 Å². The molecule has 4 rings (SSSR count). The molecule has 1 fully saturated rings. The van der Waals surface area contributed by atoms with Crippen LogP contribution in [-0.2, 0) is 19.6 Å². The van der Waals surface area contributed by atoms with E-state index in [1.807, 2.05) is 20.8 Å². The number of aryl methyl sites for hydroxylation is 1. The molecule has 0 unspecified atom stereocenters. The van der Waals surface area contributed by atoms with Crippen molar-refractivity contribution in [3.05, 3.63) is 83.9 Å². The number of carbonyl (C=O) groups excluding carboxylic acids is 2. The van der Waals surface area contributed by atoms with E-state index >= 15 is 0 Å². The fourth-order valence-corrected chi connectivity index (χ4v) is 4.88. The Morgan fingerprint density at radius 2 is 1.53 bits per heavy atom. The average Bonchev–Trinajstić information content (AvgIpc) is 3.08.